The molecule has 2 aliphatic rings. The number of carbonyl (C=O) groups excluding carboxylic acids is 2. The molecular weight excluding hydrogens is 528 g/mol. The number of furan rings is 1. The Morgan fingerprint density at radius 1 is 0.605 bits per heavy atom. The highest BCUT2D eigenvalue weighted by Crippen LogP contribution is 2.39. The molecule has 2 unspecified atom stereocenters. The van der Waals surface area contributed by atoms with Gasteiger partial charge in [-0.3, -0.25) is 9.59 Å². The fourth-order valence-corrected chi connectivity index (χ4v) is 6.94. The van der Waals surface area contributed by atoms with Crippen LogP contribution in [0.15, 0.2) is 102 Å². The van der Waals surface area contributed by atoms with Crippen molar-refractivity contribution in [3.05, 3.63) is 120 Å². The Hall–Kier alpha value is -4.24. The van der Waals surface area contributed by atoms with Crippen molar-refractivity contribution in [3.63, 3.8) is 0 Å². The minimum Gasteiger partial charge on any atom is -0.464 e. The molecule has 0 saturated heterocycles. The summed E-state index contributed by atoms with van der Waals surface area (Å²) in [4.78, 5) is 25.6. The molecule has 0 saturated carbocycles. The number of unbranched alkanes of at least 4 members (excludes halogenated alkanes) is 2. The van der Waals surface area contributed by atoms with E-state index in [0.717, 1.165) is 79.4 Å². The van der Waals surface area contributed by atoms with Crippen LogP contribution in [0.3, 0.4) is 0 Å². The zero-order valence-corrected chi connectivity index (χ0v) is 25.3. The third kappa shape index (κ3) is 5.73. The first-order valence-electron chi connectivity index (χ1n) is 15.9. The molecule has 2 atom stereocenters. The summed E-state index contributed by atoms with van der Waals surface area (Å²) in [6.45, 7) is 4.36. The molecule has 0 fully saturated rings. The lowest BCUT2D eigenvalue weighted by molar-refractivity contribution is 0.0922. The second-order valence-electron chi connectivity index (χ2n) is 12.0. The summed E-state index contributed by atoms with van der Waals surface area (Å²) in [6.07, 6.45) is 10.0. The Bertz CT molecular complexity index is 1740. The van der Waals surface area contributed by atoms with Crippen LogP contribution in [0.5, 0.6) is 0 Å². The Labute approximate surface area is 255 Å². The quantitative estimate of drug-likeness (QED) is 0.187. The van der Waals surface area contributed by atoms with Crippen LogP contribution in [-0.4, -0.2) is 11.6 Å². The van der Waals surface area contributed by atoms with Gasteiger partial charge in [-0.05, 0) is 70.8 Å². The average Bonchev–Trinajstić information content (AvgIpc) is 3.77. The zero-order chi connectivity index (χ0) is 29.8. The minimum absolute atomic E-state index is 0.172. The largest absolute Gasteiger partial charge is 0.464 e. The minimum atomic E-state index is 0.172. The van der Waals surface area contributed by atoms with E-state index in [9.17, 15) is 9.59 Å². The molecule has 1 heterocycles. The smallest absolute Gasteiger partial charge is 0.167 e. The van der Waals surface area contributed by atoms with Gasteiger partial charge >= 0.3 is 0 Å². The first kappa shape index (κ1) is 28.9. The van der Waals surface area contributed by atoms with Crippen LogP contribution < -0.4 is 0 Å². The van der Waals surface area contributed by atoms with Gasteiger partial charge in [0.1, 0.15) is 5.76 Å². The topological polar surface area (TPSA) is 47.3 Å². The summed E-state index contributed by atoms with van der Waals surface area (Å²) >= 11 is 0. The number of rotatable bonds is 8. The molecule has 0 spiro atoms. The van der Waals surface area contributed by atoms with Crippen molar-refractivity contribution >= 4 is 22.3 Å². The fourth-order valence-electron chi connectivity index (χ4n) is 6.94. The summed E-state index contributed by atoms with van der Waals surface area (Å²) in [5.41, 5.74) is 7.49. The van der Waals surface area contributed by atoms with Gasteiger partial charge < -0.3 is 4.42 Å². The van der Waals surface area contributed by atoms with E-state index in [1.165, 1.54) is 27.5 Å². The second kappa shape index (κ2) is 13.0. The molecule has 43 heavy (non-hydrogen) atoms. The molecule has 0 bridgehead atoms. The highest BCUT2D eigenvalue weighted by atomic mass is 16.3. The standard InChI is InChI=1S/C23H22O.C17H18O2/c1-2-3-8-18-15-17-11-7-14-21(22(17)23(18)24)20-13-6-10-16-9-4-5-12-19(16)20;1-2-3-6-13-11-12-7-4-8-14(16(12)17(13)18)15-9-5-10-19-15/h4-7,9-14,18H,2-3,8,15H2,1H3;4-5,7-10,13H,2-3,6,11H2,1H3. The van der Waals surface area contributed by atoms with E-state index in [0.29, 0.717) is 11.6 Å². The SMILES string of the molecule is CCCCC1Cc2cccc(-c3cccc4ccccc34)c2C1=O.CCCCC1Cc2cccc(-c3ccco3)c2C1=O. The van der Waals surface area contributed by atoms with Crippen molar-refractivity contribution in [2.45, 2.75) is 65.2 Å². The molecule has 0 aliphatic heterocycles. The zero-order valence-electron chi connectivity index (χ0n) is 25.3. The van der Waals surface area contributed by atoms with E-state index in [1.54, 1.807) is 6.26 Å². The predicted molar refractivity (Wildman–Crippen MR) is 176 cm³/mol. The van der Waals surface area contributed by atoms with Gasteiger partial charge in [0.15, 0.2) is 11.6 Å². The normalized spacial score (nSPS) is 17.1. The van der Waals surface area contributed by atoms with E-state index in [1.807, 2.05) is 24.3 Å². The van der Waals surface area contributed by atoms with Crippen molar-refractivity contribution in [1.82, 2.24) is 0 Å². The van der Waals surface area contributed by atoms with Gasteiger partial charge in [0, 0.05) is 28.5 Å². The molecule has 0 radical (unpaired) electrons. The maximum Gasteiger partial charge on any atom is 0.167 e. The van der Waals surface area contributed by atoms with Gasteiger partial charge in [0.25, 0.3) is 0 Å². The summed E-state index contributed by atoms with van der Waals surface area (Å²) in [5.74, 6) is 1.79. The molecule has 2 aliphatic carbocycles. The molecular formula is C40H40O3. The maximum absolute atomic E-state index is 13.0. The van der Waals surface area contributed by atoms with Crippen molar-refractivity contribution < 1.29 is 14.0 Å². The number of hydrogen-bond donors (Lipinski definition) is 0. The van der Waals surface area contributed by atoms with Gasteiger partial charge in [-0.15, -0.1) is 0 Å². The van der Waals surface area contributed by atoms with E-state index < -0.39 is 0 Å². The third-order valence-corrected chi connectivity index (χ3v) is 9.15. The van der Waals surface area contributed by atoms with Crippen LogP contribution in [0.25, 0.3) is 33.2 Å². The Morgan fingerprint density at radius 3 is 1.79 bits per heavy atom. The van der Waals surface area contributed by atoms with Crippen LogP contribution in [0, 0.1) is 11.8 Å². The van der Waals surface area contributed by atoms with Gasteiger partial charge in [0.2, 0.25) is 0 Å². The number of Topliss-reactive ketones (excluding diaryl/α,β-unsaturated/α-hetero) is 2. The van der Waals surface area contributed by atoms with Crippen LogP contribution in [0.4, 0.5) is 0 Å². The number of hydrogen-bond acceptors (Lipinski definition) is 3. The molecule has 7 rings (SSSR count). The summed E-state index contributed by atoms with van der Waals surface area (Å²) < 4.78 is 5.46. The van der Waals surface area contributed by atoms with Crippen LogP contribution in [0.1, 0.15) is 84.2 Å². The first-order chi connectivity index (χ1) is 21.1. The second-order valence-corrected chi connectivity index (χ2v) is 12.0. The molecule has 0 amide bonds. The van der Waals surface area contributed by atoms with Crippen molar-refractivity contribution in [3.8, 4) is 22.5 Å². The lowest BCUT2D eigenvalue weighted by atomic mass is 9.91. The van der Waals surface area contributed by atoms with Gasteiger partial charge in [-0.1, -0.05) is 118 Å². The summed E-state index contributed by atoms with van der Waals surface area (Å²) in [6, 6.07) is 31.0. The Balaban J connectivity index is 0.000000157. The molecule has 3 heteroatoms. The molecule has 3 nitrogen and oxygen atoms in total. The fraction of sp³-hybridized carbons (Fsp3) is 0.300. The number of fused-ring (bicyclic) bond motifs is 3. The monoisotopic (exact) mass is 568 g/mol. The number of ketones is 2. The van der Waals surface area contributed by atoms with Crippen molar-refractivity contribution in [1.29, 1.82) is 0 Å². The summed E-state index contributed by atoms with van der Waals surface area (Å²) in [5, 5.41) is 2.44. The molecule has 218 valence electrons. The lowest BCUT2D eigenvalue weighted by Gasteiger charge is -2.11. The van der Waals surface area contributed by atoms with Gasteiger partial charge in [-0.2, -0.15) is 0 Å². The summed E-state index contributed by atoms with van der Waals surface area (Å²) in [7, 11) is 0. The van der Waals surface area contributed by atoms with E-state index in [2.05, 4.69) is 80.6 Å². The lowest BCUT2D eigenvalue weighted by Crippen LogP contribution is -2.09. The molecule has 4 aromatic carbocycles. The highest BCUT2D eigenvalue weighted by Gasteiger charge is 2.33. The van der Waals surface area contributed by atoms with E-state index in [-0.39, 0.29) is 11.8 Å². The van der Waals surface area contributed by atoms with Gasteiger partial charge in [-0.25, -0.2) is 0 Å². The Morgan fingerprint density at radius 2 is 1.16 bits per heavy atom. The van der Waals surface area contributed by atoms with Crippen molar-refractivity contribution in [2.75, 3.05) is 0 Å². The molecule has 1 aromatic heterocycles. The van der Waals surface area contributed by atoms with E-state index in [4.69, 9.17) is 4.42 Å². The maximum atomic E-state index is 13.0. The third-order valence-electron chi connectivity index (χ3n) is 9.15. The average molecular weight is 569 g/mol. The predicted octanol–water partition coefficient (Wildman–Crippen LogP) is 10.5. The molecule has 0 N–H and O–H groups in total. The van der Waals surface area contributed by atoms with Crippen LogP contribution in [0.2, 0.25) is 0 Å². The molecule has 5 aromatic rings. The first-order valence-corrected chi connectivity index (χ1v) is 15.9. The number of benzene rings is 4. The number of carbonyl (C=O) groups is 2. The van der Waals surface area contributed by atoms with Crippen molar-refractivity contribution in [2.24, 2.45) is 11.8 Å². The van der Waals surface area contributed by atoms with E-state index >= 15 is 0 Å². The van der Waals surface area contributed by atoms with Crippen LogP contribution >= 0.6 is 0 Å². The van der Waals surface area contributed by atoms with Crippen LogP contribution in [-0.2, 0) is 12.8 Å². The highest BCUT2D eigenvalue weighted by molar-refractivity contribution is 6.10. The van der Waals surface area contributed by atoms with Gasteiger partial charge in [0.05, 0.1) is 6.26 Å². The Kier molecular flexibility index (Phi) is 8.69.